The van der Waals surface area contributed by atoms with Crippen molar-refractivity contribution in [2.75, 3.05) is 0 Å². The molecule has 3 heteroatoms. The van der Waals surface area contributed by atoms with Crippen LogP contribution < -0.4 is 0 Å². The fraction of sp³-hybridized carbons (Fsp3) is 0.462. The van der Waals surface area contributed by atoms with Crippen molar-refractivity contribution in [2.45, 2.75) is 32.1 Å². The molecule has 1 N–H and O–H groups in total. The van der Waals surface area contributed by atoms with Gasteiger partial charge in [-0.05, 0) is 54.7 Å². The fourth-order valence-corrected chi connectivity index (χ4v) is 3.51. The van der Waals surface area contributed by atoms with Crippen LogP contribution in [0.5, 0.6) is 0 Å². The van der Waals surface area contributed by atoms with E-state index in [1.165, 1.54) is 35.8 Å². The molecule has 1 aromatic heterocycles. The van der Waals surface area contributed by atoms with E-state index in [1.807, 2.05) is 12.3 Å². The number of halogens is 1. The summed E-state index contributed by atoms with van der Waals surface area (Å²) in [4.78, 5) is 0. The molecule has 2 aromatic rings. The summed E-state index contributed by atoms with van der Waals surface area (Å²) < 4.78 is 0. The summed E-state index contributed by atoms with van der Waals surface area (Å²) in [5.74, 6) is 0.722. The second-order valence-electron chi connectivity index (χ2n) is 5.35. The molecule has 4 rings (SSSR count). The molecule has 2 aliphatic carbocycles. The third-order valence-corrected chi connectivity index (χ3v) is 4.75. The first-order valence-corrected chi connectivity index (χ1v) is 6.21. The van der Waals surface area contributed by atoms with Gasteiger partial charge in [0.1, 0.15) is 0 Å². The molecule has 0 amide bonds. The normalized spacial score (nSPS) is 25.2. The number of aryl methyl sites for hydroxylation is 1. The van der Waals surface area contributed by atoms with Crippen molar-refractivity contribution in [3.8, 4) is 0 Å². The van der Waals surface area contributed by atoms with Crippen LogP contribution in [0.25, 0.3) is 10.9 Å². The van der Waals surface area contributed by atoms with E-state index in [2.05, 4.69) is 17.1 Å². The topological polar surface area (TPSA) is 28.7 Å². The number of benzene rings is 1. The van der Waals surface area contributed by atoms with Gasteiger partial charge < -0.3 is 0 Å². The molecule has 0 saturated heterocycles. The van der Waals surface area contributed by atoms with Gasteiger partial charge >= 0.3 is 0 Å². The van der Waals surface area contributed by atoms with Crippen LogP contribution in [-0.2, 0) is 0 Å². The van der Waals surface area contributed by atoms with Crippen molar-refractivity contribution in [3.63, 3.8) is 0 Å². The first kappa shape index (κ1) is 9.06. The summed E-state index contributed by atoms with van der Waals surface area (Å²) in [5.41, 5.74) is 4.42. The van der Waals surface area contributed by atoms with E-state index in [0.29, 0.717) is 5.41 Å². The highest BCUT2D eigenvalue weighted by molar-refractivity contribution is 6.32. The van der Waals surface area contributed by atoms with Gasteiger partial charge in [-0.1, -0.05) is 11.6 Å². The lowest BCUT2D eigenvalue weighted by Crippen LogP contribution is -1.91. The second kappa shape index (κ2) is 2.62. The molecular formula is C13H13ClN2. The van der Waals surface area contributed by atoms with Crippen molar-refractivity contribution >= 4 is 22.5 Å². The summed E-state index contributed by atoms with van der Waals surface area (Å²) >= 11 is 6.41. The second-order valence-corrected chi connectivity index (χ2v) is 5.75. The maximum absolute atomic E-state index is 6.41. The highest BCUT2D eigenvalue weighted by Crippen LogP contribution is 2.75. The number of H-pyrrole nitrogens is 1. The molecule has 1 aromatic carbocycles. The van der Waals surface area contributed by atoms with E-state index in [4.69, 9.17) is 11.6 Å². The van der Waals surface area contributed by atoms with Crippen molar-refractivity contribution in [1.29, 1.82) is 0 Å². The zero-order chi connectivity index (χ0) is 10.9. The van der Waals surface area contributed by atoms with E-state index in [0.717, 1.165) is 16.5 Å². The summed E-state index contributed by atoms with van der Waals surface area (Å²) in [6.45, 7) is 2.17. The number of nitrogens with one attached hydrogen (secondary N) is 1. The molecule has 1 heterocycles. The Morgan fingerprint density at radius 2 is 2.31 bits per heavy atom. The van der Waals surface area contributed by atoms with Gasteiger partial charge in [-0.25, -0.2) is 0 Å². The molecule has 1 spiro atoms. The zero-order valence-corrected chi connectivity index (χ0v) is 9.93. The number of fused-ring (bicyclic) bond motifs is 1. The molecule has 0 bridgehead atoms. The van der Waals surface area contributed by atoms with E-state index >= 15 is 0 Å². The van der Waals surface area contributed by atoms with Crippen LogP contribution in [0, 0.1) is 12.3 Å². The Morgan fingerprint density at radius 3 is 3.00 bits per heavy atom. The minimum Gasteiger partial charge on any atom is -0.278 e. The third-order valence-electron chi connectivity index (χ3n) is 4.44. The molecule has 82 valence electrons. The average molecular weight is 233 g/mol. The van der Waals surface area contributed by atoms with Gasteiger partial charge in [0.25, 0.3) is 0 Å². The van der Waals surface area contributed by atoms with E-state index < -0.39 is 0 Å². The summed E-state index contributed by atoms with van der Waals surface area (Å²) in [6, 6.07) is 2.03. The molecule has 0 radical (unpaired) electrons. The number of aromatic nitrogens is 2. The van der Waals surface area contributed by atoms with Crippen molar-refractivity contribution in [2.24, 2.45) is 5.41 Å². The van der Waals surface area contributed by atoms with Crippen LogP contribution in [0.3, 0.4) is 0 Å². The van der Waals surface area contributed by atoms with Gasteiger partial charge in [0.15, 0.2) is 0 Å². The first-order chi connectivity index (χ1) is 7.71. The Hall–Kier alpha value is -1.02. The first-order valence-electron chi connectivity index (χ1n) is 5.83. The van der Waals surface area contributed by atoms with Gasteiger partial charge in [-0.3, -0.25) is 5.10 Å². The molecule has 2 nitrogen and oxygen atoms in total. The Labute approximate surface area is 99.0 Å². The monoisotopic (exact) mass is 232 g/mol. The zero-order valence-electron chi connectivity index (χ0n) is 9.18. The Bertz CT molecular complexity index is 595. The SMILES string of the molecule is Cc1c(C2CC23CC3)c(Cl)cc2[nH]ncc12. The van der Waals surface area contributed by atoms with Gasteiger partial charge in [0.05, 0.1) is 11.7 Å². The molecule has 0 aliphatic heterocycles. The number of hydrogen-bond acceptors (Lipinski definition) is 1. The van der Waals surface area contributed by atoms with Crippen molar-refractivity contribution in [3.05, 3.63) is 28.4 Å². The van der Waals surface area contributed by atoms with Crippen LogP contribution in [0.4, 0.5) is 0 Å². The smallest absolute Gasteiger partial charge is 0.0668 e. The largest absolute Gasteiger partial charge is 0.278 e. The molecule has 1 unspecified atom stereocenters. The highest BCUT2D eigenvalue weighted by atomic mass is 35.5. The van der Waals surface area contributed by atoms with Gasteiger partial charge in [-0.15, -0.1) is 0 Å². The summed E-state index contributed by atoms with van der Waals surface area (Å²) in [5, 5.41) is 9.23. The average Bonchev–Trinajstić information content (AvgIpc) is 3.11. The number of rotatable bonds is 1. The summed E-state index contributed by atoms with van der Waals surface area (Å²) in [6.07, 6.45) is 6.05. The predicted molar refractivity (Wildman–Crippen MR) is 64.9 cm³/mol. The van der Waals surface area contributed by atoms with Crippen LogP contribution in [0.15, 0.2) is 12.3 Å². The fourth-order valence-electron chi connectivity index (χ4n) is 3.13. The van der Waals surface area contributed by atoms with Gasteiger partial charge in [0.2, 0.25) is 0 Å². The Morgan fingerprint density at radius 1 is 1.50 bits per heavy atom. The minimum atomic E-state index is 0.659. The van der Waals surface area contributed by atoms with Crippen LogP contribution in [0.2, 0.25) is 5.02 Å². The number of hydrogen-bond donors (Lipinski definition) is 1. The van der Waals surface area contributed by atoms with Crippen molar-refractivity contribution < 1.29 is 0 Å². The maximum atomic E-state index is 6.41. The lowest BCUT2D eigenvalue weighted by molar-refractivity contribution is 0.837. The van der Waals surface area contributed by atoms with E-state index in [9.17, 15) is 0 Å². The number of nitrogens with zero attached hydrogens (tertiary/aromatic N) is 1. The minimum absolute atomic E-state index is 0.659. The van der Waals surface area contributed by atoms with Gasteiger partial charge in [-0.2, -0.15) is 5.10 Å². The molecule has 2 saturated carbocycles. The van der Waals surface area contributed by atoms with Crippen LogP contribution >= 0.6 is 11.6 Å². The maximum Gasteiger partial charge on any atom is 0.0668 e. The van der Waals surface area contributed by atoms with E-state index in [-0.39, 0.29) is 0 Å². The highest BCUT2D eigenvalue weighted by Gasteiger charge is 2.63. The molecule has 2 aliphatic rings. The number of aromatic amines is 1. The lowest BCUT2D eigenvalue weighted by Gasteiger charge is -2.09. The van der Waals surface area contributed by atoms with Crippen molar-refractivity contribution in [1.82, 2.24) is 10.2 Å². The van der Waals surface area contributed by atoms with E-state index in [1.54, 1.807) is 0 Å². The summed E-state index contributed by atoms with van der Waals surface area (Å²) in [7, 11) is 0. The lowest BCUT2D eigenvalue weighted by atomic mass is 9.99. The molecule has 1 atom stereocenters. The van der Waals surface area contributed by atoms with Crippen LogP contribution in [0.1, 0.15) is 36.3 Å². The molecule has 2 fully saturated rings. The van der Waals surface area contributed by atoms with Gasteiger partial charge in [0, 0.05) is 10.4 Å². The Balaban J connectivity index is 1.96. The quantitative estimate of drug-likeness (QED) is 0.796. The third kappa shape index (κ3) is 1.01. The Kier molecular flexibility index (Phi) is 1.48. The molecule has 16 heavy (non-hydrogen) atoms. The standard InChI is InChI=1S/C13H13ClN2/c1-7-8-6-15-16-11(8)4-10(14)12(7)9-5-13(9)2-3-13/h4,6,9H,2-3,5H2,1H3,(H,15,16). The molecular weight excluding hydrogens is 220 g/mol. The van der Waals surface area contributed by atoms with Crippen LogP contribution in [-0.4, -0.2) is 10.2 Å². The predicted octanol–water partition coefficient (Wildman–Crippen LogP) is 3.79.